The number of thioether (sulfide) groups is 1. The summed E-state index contributed by atoms with van der Waals surface area (Å²) in [5.74, 6) is -0.870. The van der Waals surface area contributed by atoms with Crippen LogP contribution in [0.15, 0.2) is 29.2 Å². The van der Waals surface area contributed by atoms with E-state index in [-0.39, 0.29) is 30.9 Å². The van der Waals surface area contributed by atoms with Gasteiger partial charge in [-0.3, -0.25) is 14.4 Å². The number of anilines is 1. The van der Waals surface area contributed by atoms with Crippen LogP contribution >= 0.6 is 11.8 Å². The number of carbonyl (C=O) groups is 3. The van der Waals surface area contributed by atoms with Crippen molar-refractivity contribution in [2.24, 2.45) is 0 Å². The smallest absolute Gasteiger partial charge is 0.307 e. The summed E-state index contributed by atoms with van der Waals surface area (Å²) in [7, 11) is 0. The van der Waals surface area contributed by atoms with Gasteiger partial charge < -0.3 is 15.0 Å². The quantitative estimate of drug-likeness (QED) is 0.800. The molecule has 0 radical (unpaired) electrons. The first-order chi connectivity index (χ1) is 12.6. The van der Waals surface area contributed by atoms with Crippen molar-refractivity contribution < 1.29 is 19.1 Å². The average Bonchev–Trinajstić information content (AvgIpc) is 2.66. The number of rotatable bonds is 5. The van der Waals surface area contributed by atoms with Gasteiger partial charge in [-0.05, 0) is 37.8 Å². The van der Waals surface area contributed by atoms with Crippen molar-refractivity contribution in [3.63, 3.8) is 0 Å². The number of hydrogen-bond donors (Lipinski definition) is 1. The Morgan fingerprint density at radius 2 is 2.12 bits per heavy atom. The molecule has 0 spiro atoms. The minimum Gasteiger partial charge on any atom is -0.456 e. The molecule has 6 nitrogen and oxygen atoms in total. The maximum atomic E-state index is 12.4. The first-order valence-electron chi connectivity index (χ1n) is 9.10. The van der Waals surface area contributed by atoms with Crippen LogP contribution in [-0.4, -0.2) is 47.1 Å². The van der Waals surface area contributed by atoms with Gasteiger partial charge in [0.05, 0.1) is 17.4 Å². The zero-order valence-corrected chi connectivity index (χ0v) is 15.7. The van der Waals surface area contributed by atoms with Crippen molar-refractivity contribution in [2.75, 3.05) is 18.5 Å². The summed E-state index contributed by atoms with van der Waals surface area (Å²) in [5, 5.41) is 2.27. The van der Waals surface area contributed by atoms with Gasteiger partial charge in [0.1, 0.15) is 0 Å². The number of piperidine rings is 1. The van der Waals surface area contributed by atoms with E-state index in [0.29, 0.717) is 0 Å². The largest absolute Gasteiger partial charge is 0.456 e. The van der Waals surface area contributed by atoms with Crippen LogP contribution in [-0.2, 0) is 19.1 Å². The first-order valence-corrected chi connectivity index (χ1v) is 9.98. The Morgan fingerprint density at radius 1 is 1.31 bits per heavy atom. The summed E-state index contributed by atoms with van der Waals surface area (Å²) in [6, 6.07) is 7.72. The highest BCUT2D eigenvalue weighted by Gasteiger charge is 2.30. The Bertz CT molecular complexity index is 694. The number of amides is 2. The van der Waals surface area contributed by atoms with Crippen LogP contribution in [0.3, 0.4) is 0 Å². The lowest BCUT2D eigenvalue weighted by Crippen LogP contribution is -2.45. The molecule has 26 heavy (non-hydrogen) atoms. The molecule has 1 saturated heterocycles. The highest BCUT2D eigenvalue weighted by Crippen LogP contribution is 2.36. The Balaban J connectivity index is 1.50. The molecular formula is C19H24N2O4S. The van der Waals surface area contributed by atoms with E-state index in [1.165, 1.54) is 11.8 Å². The van der Waals surface area contributed by atoms with Crippen molar-refractivity contribution in [1.82, 2.24) is 4.90 Å². The van der Waals surface area contributed by atoms with Gasteiger partial charge in [-0.25, -0.2) is 0 Å². The number of para-hydroxylation sites is 1. The highest BCUT2D eigenvalue weighted by molar-refractivity contribution is 8.01. The molecule has 2 atom stereocenters. The second kappa shape index (κ2) is 8.58. The van der Waals surface area contributed by atoms with Gasteiger partial charge >= 0.3 is 5.97 Å². The fraction of sp³-hybridized carbons (Fsp3) is 0.526. The summed E-state index contributed by atoms with van der Waals surface area (Å²) >= 11 is 1.35. The number of esters is 1. The van der Waals surface area contributed by atoms with E-state index >= 15 is 0 Å². The van der Waals surface area contributed by atoms with Gasteiger partial charge in [0.2, 0.25) is 5.91 Å². The molecule has 0 aromatic heterocycles. The fourth-order valence-electron chi connectivity index (χ4n) is 3.42. The maximum Gasteiger partial charge on any atom is 0.307 e. The molecule has 7 heteroatoms. The van der Waals surface area contributed by atoms with Crippen LogP contribution in [0.25, 0.3) is 0 Å². The van der Waals surface area contributed by atoms with Gasteiger partial charge in [-0.15, -0.1) is 11.8 Å². The van der Waals surface area contributed by atoms with Crippen LogP contribution in [0.5, 0.6) is 0 Å². The summed E-state index contributed by atoms with van der Waals surface area (Å²) in [4.78, 5) is 39.4. The first kappa shape index (κ1) is 18.8. The van der Waals surface area contributed by atoms with Crippen LogP contribution in [0.2, 0.25) is 0 Å². The van der Waals surface area contributed by atoms with Crippen LogP contribution in [0.1, 0.15) is 39.0 Å². The molecule has 0 saturated carbocycles. The minimum absolute atomic E-state index is 0.0463. The predicted molar refractivity (Wildman–Crippen MR) is 99.9 cm³/mol. The van der Waals surface area contributed by atoms with Gasteiger partial charge in [-0.2, -0.15) is 0 Å². The third kappa shape index (κ3) is 4.38. The Labute approximate surface area is 157 Å². The topological polar surface area (TPSA) is 75.7 Å². The Kier molecular flexibility index (Phi) is 6.19. The third-order valence-corrected chi connectivity index (χ3v) is 6.11. The number of hydrogen-bond acceptors (Lipinski definition) is 5. The van der Waals surface area contributed by atoms with E-state index in [2.05, 4.69) is 12.2 Å². The molecule has 0 aliphatic carbocycles. The molecule has 3 rings (SSSR count). The number of benzene rings is 1. The second-order valence-corrected chi connectivity index (χ2v) is 7.85. The Hall–Kier alpha value is -2.02. The molecule has 1 aromatic rings. The number of nitrogens with one attached hydrogen (secondary N) is 1. The van der Waals surface area contributed by atoms with Gasteiger partial charge in [0, 0.05) is 17.5 Å². The molecule has 2 heterocycles. The molecule has 140 valence electrons. The van der Waals surface area contributed by atoms with E-state index in [9.17, 15) is 14.4 Å². The van der Waals surface area contributed by atoms with Gasteiger partial charge in [0.15, 0.2) is 6.61 Å². The van der Waals surface area contributed by atoms with E-state index < -0.39 is 11.2 Å². The normalized spacial score (nSPS) is 22.3. The Morgan fingerprint density at radius 3 is 2.92 bits per heavy atom. The molecule has 0 bridgehead atoms. The SMILES string of the molecule is CC[C@@H]1CCCCN1C(=O)COC(=O)C[C@H]1Sc2ccccc2NC1=O. The van der Waals surface area contributed by atoms with Crippen molar-refractivity contribution in [2.45, 2.75) is 55.2 Å². The molecule has 1 aromatic carbocycles. The zero-order chi connectivity index (χ0) is 18.5. The predicted octanol–water partition coefficient (Wildman–Crippen LogP) is 2.82. The lowest BCUT2D eigenvalue weighted by molar-refractivity contribution is -0.153. The maximum absolute atomic E-state index is 12.4. The van der Waals surface area contributed by atoms with E-state index in [1.54, 1.807) is 0 Å². The van der Waals surface area contributed by atoms with Crippen LogP contribution < -0.4 is 5.32 Å². The number of ether oxygens (including phenoxy) is 1. The van der Waals surface area contributed by atoms with E-state index in [0.717, 1.165) is 42.8 Å². The third-order valence-electron chi connectivity index (χ3n) is 4.83. The fourth-order valence-corrected chi connectivity index (χ4v) is 4.51. The molecule has 1 N–H and O–H groups in total. The molecule has 2 aliphatic rings. The number of nitrogens with zero attached hydrogens (tertiary/aromatic N) is 1. The van der Waals surface area contributed by atoms with Crippen molar-refractivity contribution in [3.8, 4) is 0 Å². The van der Waals surface area contributed by atoms with Crippen LogP contribution in [0.4, 0.5) is 5.69 Å². The molecule has 1 fully saturated rings. The number of fused-ring (bicyclic) bond motifs is 1. The average molecular weight is 376 g/mol. The molecular weight excluding hydrogens is 352 g/mol. The monoisotopic (exact) mass is 376 g/mol. The lowest BCUT2D eigenvalue weighted by Gasteiger charge is -2.35. The summed E-state index contributed by atoms with van der Waals surface area (Å²) in [6.07, 6.45) is 4.01. The standard InChI is InChI=1S/C19H24N2O4S/c1-2-13-7-5-6-10-21(13)17(22)12-25-18(23)11-16-19(24)20-14-8-3-4-9-15(14)26-16/h3-4,8-9,13,16H,2,5-7,10-12H2,1H3,(H,20,24)/t13-,16-/m1/s1. The van der Waals surface area contributed by atoms with Gasteiger partial charge in [0.25, 0.3) is 5.91 Å². The molecule has 0 unspecified atom stereocenters. The zero-order valence-electron chi connectivity index (χ0n) is 14.9. The lowest BCUT2D eigenvalue weighted by atomic mass is 10.00. The van der Waals surface area contributed by atoms with Crippen molar-refractivity contribution in [3.05, 3.63) is 24.3 Å². The van der Waals surface area contributed by atoms with Crippen molar-refractivity contribution >= 4 is 35.2 Å². The van der Waals surface area contributed by atoms with Crippen molar-refractivity contribution in [1.29, 1.82) is 0 Å². The second-order valence-electron chi connectivity index (χ2n) is 6.60. The number of carbonyl (C=O) groups excluding carboxylic acids is 3. The highest BCUT2D eigenvalue weighted by atomic mass is 32.2. The van der Waals surface area contributed by atoms with Crippen LogP contribution in [0, 0.1) is 0 Å². The number of likely N-dealkylation sites (tertiary alicyclic amines) is 1. The van der Waals surface area contributed by atoms with E-state index in [4.69, 9.17) is 4.74 Å². The van der Waals surface area contributed by atoms with E-state index in [1.807, 2.05) is 29.2 Å². The summed E-state index contributed by atoms with van der Waals surface area (Å²) in [6.45, 7) is 2.55. The summed E-state index contributed by atoms with van der Waals surface area (Å²) < 4.78 is 5.17. The summed E-state index contributed by atoms with van der Waals surface area (Å²) in [5.41, 5.74) is 0.762. The molecule has 2 aliphatic heterocycles. The minimum atomic E-state index is -0.536. The van der Waals surface area contributed by atoms with Gasteiger partial charge in [-0.1, -0.05) is 19.1 Å². The molecule has 2 amide bonds.